The van der Waals surface area contributed by atoms with Crippen LogP contribution in [-0.2, 0) is 4.79 Å². The highest BCUT2D eigenvalue weighted by Gasteiger charge is 2.32. The normalized spacial score (nSPS) is 21.2. The van der Waals surface area contributed by atoms with E-state index in [4.69, 9.17) is 4.42 Å². The molecule has 0 aromatic carbocycles. The zero-order chi connectivity index (χ0) is 17.8. The lowest BCUT2D eigenvalue weighted by Crippen LogP contribution is -2.38. The monoisotopic (exact) mass is 354 g/mol. The Kier molecular flexibility index (Phi) is 5.27. The van der Waals surface area contributed by atoms with E-state index in [0.29, 0.717) is 18.2 Å². The van der Waals surface area contributed by atoms with Crippen LogP contribution in [0, 0.1) is 5.92 Å². The number of carbonyl (C=O) groups excluding carboxylic acids is 1. The molecule has 0 bridgehead atoms. The Bertz CT molecular complexity index is 724. The van der Waals surface area contributed by atoms with Gasteiger partial charge in [-0.25, -0.2) is 0 Å². The van der Waals surface area contributed by atoms with Crippen LogP contribution in [0.15, 0.2) is 28.9 Å². The summed E-state index contributed by atoms with van der Waals surface area (Å²) in [6, 6.07) is 3.62. The Labute approximate surface area is 154 Å². The fourth-order valence-electron chi connectivity index (χ4n) is 4.24. The summed E-state index contributed by atoms with van der Waals surface area (Å²) in [6.07, 6.45) is 13.3. The number of carbonyl (C=O) groups is 1. The number of rotatable bonds is 5. The summed E-state index contributed by atoms with van der Waals surface area (Å²) in [6.45, 7) is 0.793. The molecule has 2 aromatic heterocycles. The third kappa shape index (κ3) is 3.79. The summed E-state index contributed by atoms with van der Waals surface area (Å²) in [5.74, 6) is 2.03. The van der Waals surface area contributed by atoms with Crippen LogP contribution < -0.4 is 0 Å². The number of piperidine rings is 1. The first-order valence-corrected chi connectivity index (χ1v) is 9.84. The molecule has 0 N–H and O–H groups in total. The van der Waals surface area contributed by atoms with Gasteiger partial charge in [-0.1, -0.05) is 25.7 Å². The maximum absolute atomic E-state index is 12.8. The van der Waals surface area contributed by atoms with Crippen LogP contribution in [0.1, 0.15) is 69.7 Å². The first-order chi connectivity index (χ1) is 12.8. The Hall–Kier alpha value is -2.24. The minimum atomic E-state index is -0.0806. The van der Waals surface area contributed by atoms with Crippen molar-refractivity contribution in [3.63, 3.8) is 0 Å². The van der Waals surface area contributed by atoms with E-state index >= 15 is 0 Å². The van der Waals surface area contributed by atoms with Gasteiger partial charge in [-0.3, -0.25) is 9.78 Å². The van der Waals surface area contributed by atoms with Crippen LogP contribution >= 0.6 is 0 Å². The molecule has 0 spiro atoms. The summed E-state index contributed by atoms with van der Waals surface area (Å²) in [5.41, 5.74) is 0.855. The molecule has 4 rings (SSSR count). The van der Waals surface area contributed by atoms with Gasteiger partial charge in [0.2, 0.25) is 17.7 Å². The smallest absolute Gasteiger partial charge is 0.247 e. The lowest BCUT2D eigenvalue weighted by atomic mass is 9.98. The molecule has 2 aromatic rings. The van der Waals surface area contributed by atoms with E-state index in [1.807, 2.05) is 17.0 Å². The molecule has 0 unspecified atom stereocenters. The molecule has 6 heteroatoms. The van der Waals surface area contributed by atoms with Gasteiger partial charge in [0.25, 0.3) is 0 Å². The maximum Gasteiger partial charge on any atom is 0.247 e. The van der Waals surface area contributed by atoms with Gasteiger partial charge in [-0.15, -0.1) is 10.2 Å². The van der Waals surface area contributed by atoms with Crippen molar-refractivity contribution in [3.05, 3.63) is 30.4 Å². The number of hydrogen-bond acceptors (Lipinski definition) is 5. The predicted molar refractivity (Wildman–Crippen MR) is 97.0 cm³/mol. The summed E-state index contributed by atoms with van der Waals surface area (Å²) in [5, 5.41) is 8.44. The van der Waals surface area contributed by atoms with Gasteiger partial charge in [0.1, 0.15) is 6.04 Å². The zero-order valence-electron chi connectivity index (χ0n) is 15.1. The maximum atomic E-state index is 12.8. The lowest BCUT2D eigenvalue weighted by Gasteiger charge is -2.33. The molecule has 0 radical (unpaired) electrons. The van der Waals surface area contributed by atoms with Crippen molar-refractivity contribution in [3.8, 4) is 11.5 Å². The van der Waals surface area contributed by atoms with E-state index in [0.717, 1.165) is 43.7 Å². The number of likely N-dealkylation sites (tertiary alicyclic amines) is 1. The molecule has 138 valence electrons. The molecule has 2 fully saturated rings. The van der Waals surface area contributed by atoms with Crippen LogP contribution in [-0.4, -0.2) is 32.5 Å². The van der Waals surface area contributed by atoms with Crippen molar-refractivity contribution >= 4 is 5.91 Å². The second kappa shape index (κ2) is 7.98. The zero-order valence-corrected chi connectivity index (χ0v) is 15.1. The standard InChI is InChI=1S/C20H26N4O2/c25-18(9-8-15-5-1-2-6-15)24-14-4-3-7-17(24)20-23-22-19(26-20)16-10-12-21-13-11-16/h10-13,15,17H,1-9,14H2/t17-/m0/s1. The minimum absolute atomic E-state index is 0.0806. The van der Waals surface area contributed by atoms with Crippen molar-refractivity contribution < 1.29 is 9.21 Å². The minimum Gasteiger partial charge on any atom is -0.418 e. The van der Waals surface area contributed by atoms with Gasteiger partial charge in [-0.05, 0) is 43.7 Å². The predicted octanol–water partition coefficient (Wildman–Crippen LogP) is 4.16. The second-order valence-electron chi connectivity index (χ2n) is 7.47. The highest BCUT2D eigenvalue weighted by Crippen LogP contribution is 2.34. The second-order valence-corrected chi connectivity index (χ2v) is 7.47. The van der Waals surface area contributed by atoms with E-state index in [2.05, 4.69) is 15.2 Å². The van der Waals surface area contributed by atoms with E-state index < -0.39 is 0 Å². The largest absolute Gasteiger partial charge is 0.418 e. The summed E-state index contributed by atoms with van der Waals surface area (Å²) in [7, 11) is 0. The van der Waals surface area contributed by atoms with E-state index in [1.54, 1.807) is 12.4 Å². The van der Waals surface area contributed by atoms with E-state index in [-0.39, 0.29) is 11.9 Å². The fourth-order valence-corrected chi connectivity index (χ4v) is 4.24. The molecule has 1 aliphatic carbocycles. The summed E-state index contributed by atoms with van der Waals surface area (Å²) in [4.78, 5) is 18.8. The van der Waals surface area contributed by atoms with Crippen LogP contribution in [0.2, 0.25) is 0 Å². The molecule has 1 saturated carbocycles. The number of nitrogens with zero attached hydrogens (tertiary/aromatic N) is 4. The molecular weight excluding hydrogens is 328 g/mol. The van der Waals surface area contributed by atoms with Crippen molar-refractivity contribution in [2.75, 3.05) is 6.54 Å². The van der Waals surface area contributed by atoms with Crippen LogP contribution in [0.3, 0.4) is 0 Å². The SMILES string of the molecule is O=C(CCC1CCCC1)N1CCCC[C@H]1c1nnc(-c2ccncc2)o1. The Morgan fingerprint density at radius 2 is 1.85 bits per heavy atom. The molecule has 6 nitrogen and oxygen atoms in total. The van der Waals surface area contributed by atoms with Crippen molar-refractivity contribution in [1.82, 2.24) is 20.1 Å². The van der Waals surface area contributed by atoms with Crippen molar-refractivity contribution in [2.24, 2.45) is 5.92 Å². The van der Waals surface area contributed by atoms with Crippen LogP contribution in [0.4, 0.5) is 0 Å². The van der Waals surface area contributed by atoms with E-state index in [1.165, 1.54) is 25.7 Å². The van der Waals surface area contributed by atoms with Gasteiger partial charge in [0.15, 0.2) is 0 Å². The van der Waals surface area contributed by atoms with Crippen molar-refractivity contribution in [2.45, 2.75) is 63.8 Å². The molecule has 2 aliphatic rings. The summed E-state index contributed by atoms with van der Waals surface area (Å²) >= 11 is 0. The average molecular weight is 354 g/mol. The quantitative estimate of drug-likeness (QED) is 0.806. The summed E-state index contributed by atoms with van der Waals surface area (Å²) < 4.78 is 5.92. The highest BCUT2D eigenvalue weighted by atomic mass is 16.4. The van der Waals surface area contributed by atoms with Gasteiger partial charge >= 0.3 is 0 Å². The topological polar surface area (TPSA) is 72.1 Å². The molecule has 1 aliphatic heterocycles. The Morgan fingerprint density at radius 1 is 1.08 bits per heavy atom. The van der Waals surface area contributed by atoms with Crippen molar-refractivity contribution in [1.29, 1.82) is 0 Å². The molecule has 1 atom stereocenters. The number of hydrogen-bond donors (Lipinski definition) is 0. The van der Waals surface area contributed by atoms with Gasteiger partial charge in [0.05, 0.1) is 0 Å². The molecule has 26 heavy (non-hydrogen) atoms. The molecule has 1 saturated heterocycles. The lowest BCUT2D eigenvalue weighted by molar-refractivity contribution is -0.136. The highest BCUT2D eigenvalue weighted by molar-refractivity contribution is 5.76. The third-order valence-corrected chi connectivity index (χ3v) is 5.72. The average Bonchev–Trinajstić information content (AvgIpc) is 3.39. The van der Waals surface area contributed by atoms with Gasteiger partial charge < -0.3 is 9.32 Å². The third-order valence-electron chi connectivity index (χ3n) is 5.72. The number of pyridine rings is 1. The van der Waals surface area contributed by atoms with Gasteiger partial charge in [0, 0.05) is 30.9 Å². The van der Waals surface area contributed by atoms with Crippen LogP contribution in [0.25, 0.3) is 11.5 Å². The Balaban J connectivity index is 1.45. The number of amides is 1. The van der Waals surface area contributed by atoms with Gasteiger partial charge in [-0.2, -0.15) is 0 Å². The number of aromatic nitrogens is 3. The van der Waals surface area contributed by atoms with E-state index in [9.17, 15) is 4.79 Å². The Morgan fingerprint density at radius 3 is 2.65 bits per heavy atom. The fraction of sp³-hybridized carbons (Fsp3) is 0.600. The van der Waals surface area contributed by atoms with Crippen LogP contribution in [0.5, 0.6) is 0 Å². The molecular formula is C20H26N4O2. The molecule has 3 heterocycles. The first kappa shape index (κ1) is 17.2. The molecule has 1 amide bonds. The first-order valence-electron chi connectivity index (χ1n) is 9.84.